The van der Waals surface area contributed by atoms with Crippen LogP contribution in [-0.4, -0.2) is 41.6 Å². The number of amides is 1. The maximum atomic E-state index is 15.7. The van der Waals surface area contributed by atoms with E-state index in [9.17, 15) is 4.79 Å². The lowest BCUT2D eigenvalue weighted by atomic mass is 9.87. The summed E-state index contributed by atoms with van der Waals surface area (Å²) in [5.41, 5.74) is 4.43. The third kappa shape index (κ3) is 5.54. The predicted octanol–water partition coefficient (Wildman–Crippen LogP) is 3.45. The first-order chi connectivity index (χ1) is 16.5. The summed E-state index contributed by atoms with van der Waals surface area (Å²) in [6.07, 6.45) is 8.89. The molecule has 0 atom stereocenters. The van der Waals surface area contributed by atoms with Crippen molar-refractivity contribution in [2.45, 2.75) is 45.1 Å². The van der Waals surface area contributed by atoms with Gasteiger partial charge in [-0.2, -0.15) is 0 Å². The zero-order valence-electron chi connectivity index (χ0n) is 19.2. The molecule has 2 aromatic carbocycles. The Bertz CT molecular complexity index is 1170. The fourth-order valence-electron chi connectivity index (χ4n) is 4.51. The van der Waals surface area contributed by atoms with Crippen LogP contribution in [0, 0.1) is 11.7 Å². The number of carbonyl (C=O) groups is 1. The molecule has 1 fully saturated rings. The van der Waals surface area contributed by atoms with E-state index in [2.05, 4.69) is 15.8 Å². The van der Waals surface area contributed by atoms with Crippen molar-refractivity contribution in [3.63, 3.8) is 0 Å². The number of rotatable bonds is 9. The molecule has 1 saturated carbocycles. The number of aryl methyl sites for hydroxylation is 1. The Balaban J connectivity index is 1.69. The lowest BCUT2D eigenvalue weighted by Gasteiger charge is -2.21. The number of carbonyl (C=O) groups excluding carboxylic acids is 1. The molecule has 1 heterocycles. The molecule has 10 heteroatoms. The first kappa shape index (κ1) is 24.5. The number of benzene rings is 2. The molecule has 0 radical (unpaired) electrons. The zero-order valence-corrected chi connectivity index (χ0v) is 20.0. The lowest BCUT2D eigenvalue weighted by Crippen LogP contribution is -2.26. The van der Waals surface area contributed by atoms with Gasteiger partial charge in [0.1, 0.15) is 13.4 Å². The maximum Gasteiger partial charge on any atom is 0.277 e. The Kier molecular flexibility index (Phi) is 8.08. The number of nitrogens with zero attached hydrogens (tertiary/aromatic N) is 2. The second kappa shape index (κ2) is 11.2. The topological polar surface area (TPSA) is 88.4 Å². The molecule has 34 heavy (non-hydrogen) atoms. The van der Waals surface area contributed by atoms with Crippen molar-refractivity contribution >= 4 is 53.2 Å². The van der Waals surface area contributed by atoms with Gasteiger partial charge in [-0.3, -0.25) is 9.63 Å². The average molecular weight is 487 g/mol. The number of aliphatic hydroxyl groups excluding tert-OH is 1. The summed E-state index contributed by atoms with van der Waals surface area (Å²) in [6, 6.07) is 6.95. The summed E-state index contributed by atoms with van der Waals surface area (Å²) in [4.78, 5) is 22.2. The van der Waals surface area contributed by atoms with Gasteiger partial charge in [-0.25, -0.2) is 14.9 Å². The van der Waals surface area contributed by atoms with Crippen molar-refractivity contribution in [2.75, 3.05) is 18.5 Å². The number of nitrogens with one attached hydrogen (secondary N) is 2. The fourth-order valence-corrected chi connectivity index (χ4v) is 4.79. The molecular formula is C24H29BClFN4O3. The number of aliphatic hydroxyl groups is 1. The molecule has 1 aliphatic rings. The van der Waals surface area contributed by atoms with E-state index < -0.39 is 11.7 Å². The standard InChI is InChI=1S/C24H29BClFN4O3/c25-16-6-7-19(18(26)12-16)29-22-17(24(33)30-34-11-10-32)13-20-23(21(22)27)28-14-31(20)9-8-15-4-2-1-3-5-15/h6-7,12-15,29,32H,1-5,8-11,25H2,(H,30,33). The molecule has 1 aromatic heterocycles. The SMILES string of the molecule is Bc1ccc(Nc2c(C(=O)NOCCO)cc3c(ncn3CCC3CCCCC3)c2F)c(Cl)c1. The Labute approximate surface area is 204 Å². The van der Waals surface area contributed by atoms with E-state index in [-0.39, 0.29) is 30.0 Å². The highest BCUT2D eigenvalue weighted by Crippen LogP contribution is 2.34. The van der Waals surface area contributed by atoms with Crippen molar-refractivity contribution in [1.82, 2.24) is 15.0 Å². The van der Waals surface area contributed by atoms with Crippen LogP contribution in [0.25, 0.3) is 11.0 Å². The minimum absolute atomic E-state index is 0.0408. The number of hydrogen-bond donors (Lipinski definition) is 3. The number of hydroxylamine groups is 1. The molecule has 0 saturated heterocycles. The maximum absolute atomic E-state index is 15.7. The van der Waals surface area contributed by atoms with Crippen LogP contribution in [0.4, 0.5) is 15.8 Å². The Hall–Kier alpha value is -2.62. The summed E-state index contributed by atoms with van der Waals surface area (Å²) in [5, 5.41) is 12.3. The van der Waals surface area contributed by atoms with E-state index in [0.29, 0.717) is 28.7 Å². The highest BCUT2D eigenvalue weighted by molar-refractivity contribution is 6.37. The quantitative estimate of drug-likeness (QED) is 0.245. The summed E-state index contributed by atoms with van der Waals surface area (Å²) in [6.45, 7) is 0.368. The van der Waals surface area contributed by atoms with E-state index in [0.717, 1.165) is 11.9 Å². The first-order valence-corrected chi connectivity index (χ1v) is 12.1. The summed E-state index contributed by atoms with van der Waals surface area (Å²) in [7, 11) is 1.90. The molecule has 0 unspecified atom stereocenters. The van der Waals surface area contributed by atoms with Crippen LogP contribution in [0.15, 0.2) is 30.6 Å². The predicted molar refractivity (Wildman–Crippen MR) is 134 cm³/mol. The Morgan fingerprint density at radius 3 is 2.82 bits per heavy atom. The number of imidazole rings is 1. The Morgan fingerprint density at radius 2 is 2.09 bits per heavy atom. The average Bonchev–Trinajstić information content (AvgIpc) is 3.24. The van der Waals surface area contributed by atoms with Crippen molar-refractivity contribution in [2.24, 2.45) is 5.92 Å². The highest BCUT2D eigenvalue weighted by Gasteiger charge is 2.23. The first-order valence-electron chi connectivity index (χ1n) is 11.7. The summed E-state index contributed by atoms with van der Waals surface area (Å²) < 4.78 is 17.6. The normalized spacial score (nSPS) is 14.4. The molecule has 180 valence electrons. The molecule has 0 spiro atoms. The second-order valence-corrected chi connectivity index (χ2v) is 9.23. The van der Waals surface area contributed by atoms with E-state index in [1.165, 1.54) is 32.1 Å². The van der Waals surface area contributed by atoms with Gasteiger partial charge in [-0.15, -0.1) is 0 Å². The minimum atomic E-state index is -0.641. The van der Waals surface area contributed by atoms with Gasteiger partial charge in [-0.05, 0) is 30.5 Å². The van der Waals surface area contributed by atoms with E-state index in [1.807, 2.05) is 18.5 Å². The largest absolute Gasteiger partial charge is 0.394 e. The van der Waals surface area contributed by atoms with Gasteiger partial charge >= 0.3 is 0 Å². The van der Waals surface area contributed by atoms with Crippen LogP contribution < -0.4 is 16.3 Å². The van der Waals surface area contributed by atoms with Crippen LogP contribution in [0.1, 0.15) is 48.9 Å². The van der Waals surface area contributed by atoms with Crippen LogP contribution in [0.2, 0.25) is 5.02 Å². The lowest BCUT2D eigenvalue weighted by molar-refractivity contribution is 0.0169. The van der Waals surface area contributed by atoms with Crippen LogP contribution in [0.3, 0.4) is 0 Å². The monoisotopic (exact) mass is 486 g/mol. The minimum Gasteiger partial charge on any atom is -0.394 e. The number of anilines is 2. The molecule has 0 bridgehead atoms. The van der Waals surface area contributed by atoms with Crippen molar-refractivity contribution in [3.05, 3.63) is 47.0 Å². The highest BCUT2D eigenvalue weighted by atomic mass is 35.5. The third-order valence-electron chi connectivity index (χ3n) is 6.35. The van der Waals surface area contributed by atoms with Crippen LogP contribution >= 0.6 is 11.6 Å². The van der Waals surface area contributed by atoms with Crippen molar-refractivity contribution < 1.29 is 19.1 Å². The van der Waals surface area contributed by atoms with Gasteiger partial charge in [0.15, 0.2) is 5.82 Å². The molecule has 3 N–H and O–H groups in total. The van der Waals surface area contributed by atoms with Crippen molar-refractivity contribution in [3.8, 4) is 0 Å². The molecule has 7 nitrogen and oxygen atoms in total. The molecule has 3 aromatic rings. The van der Waals surface area contributed by atoms with Crippen molar-refractivity contribution in [1.29, 1.82) is 0 Å². The van der Waals surface area contributed by atoms with E-state index >= 15 is 4.39 Å². The second-order valence-electron chi connectivity index (χ2n) is 8.82. The Morgan fingerprint density at radius 1 is 1.29 bits per heavy atom. The number of halogens is 2. The summed E-state index contributed by atoms with van der Waals surface area (Å²) >= 11 is 6.35. The van der Waals surface area contributed by atoms with E-state index in [4.69, 9.17) is 21.5 Å². The fraction of sp³-hybridized carbons (Fsp3) is 0.417. The number of aromatic nitrogens is 2. The molecule has 1 amide bonds. The molecule has 0 aliphatic heterocycles. The number of fused-ring (bicyclic) bond motifs is 1. The molecule has 1 aliphatic carbocycles. The van der Waals surface area contributed by atoms with Gasteiger partial charge in [-0.1, -0.05) is 55.2 Å². The van der Waals surface area contributed by atoms with Gasteiger partial charge in [0.2, 0.25) is 0 Å². The number of hydrogen-bond acceptors (Lipinski definition) is 5. The van der Waals surface area contributed by atoms with Gasteiger partial charge < -0.3 is 15.0 Å². The molecule has 4 rings (SSSR count). The van der Waals surface area contributed by atoms with Crippen LogP contribution in [0.5, 0.6) is 0 Å². The van der Waals surface area contributed by atoms with E-state index in [1.54, 1.807) is 24.5 Å². The smallest absolute Gasteiger partial charge is 0.277 e. The molecular weight excluding hydrogens is 458 g/mol. The van der Waals surface area contributed by atoms with Gasteiger partial charge in [0.05, 0.1) is 47.0 Å². The van der Waals surface area contributed by atoms with Crippen LogP contribution in [-0.2, 0) is 11.4 Å². The van der Waals surface area contributed by atoms with Gasteiger partial charge in [0, 0.05) is 6.54 Å². The third-order valence-corrected chi connectivity index (χ3v) is 6.66. The summed E-state index contributed by atoms with van der Waals surface area (Å²) in [5.74, 6) is -0.617. The van der Waals surface area contributed by atoms with Gasteiger partial charge in [0.25, 0.3) is 5.91 Å². The zero-order chi connectivity index (χ0) is 24.1.